The molecule has 158 valence electrons. The van der Waals surface area contributed by atoms with Crippen LogP contribution in [0.25, 0.3) is 0 Å². The minimum Gasteiger partial charge on any atom is -0.508 e. The molecule has 0 unspecified atom stereocenters. The minimum atomic E-state index is -0.227. The van der Waals surface area contributed by atoms with Crippen LogP contribution in [0.4, 0.5) is 4.39 Å². The number of aromatic hydroxyl groups is 1. The highest BCUT2D eigenvalue weighted by Gasteiger charge is 2.05. The summed E-state index contributed by atoms with van der Waals surface area (Å²) >= 11 is 0. The molecule has 4 N–H and O–H groups in total. The quantitative estimate of drug-likeness (QED) is 0.179. The Balaban J connectivity index is 0.00000420. The minimum absolute atomic E-state index is 0. The number of phenolic OH excluding ortho intramolecular Hbond substituents is 1. The van der Waals surface area contributed by atoms with Gasteiger partial charge in [0.05, 0.1) is 0 Å². The fourth-order valence-electron chi connectivity index (χ4n) is 2.58. The van der Waals surface area contributed by atoms with E-state index in [0.717, 1.165) is 6.54 Å². The third-order valence-electron chi connectivity index (χ3n) is 3.99. The number of hydrogen-bond donors (Lipinski definition) is 4. The van der Waals surface area contributed by atoms with Gasteiger partial charge in [-0.2, -0.15) is 0 Å². The maximum atomic E-state index is 13.6. The molecule has 8 heteroatoms. The first kappa shape index (κ1) is 24.7. The van der Waals surface area contributed by atoms with Gasteiger partial charge in [-0.1, -0.05) is 24.3 Å². The normalized spacial score (nSPS) is 10.8. The molecule has 6 nitrogen and oxygen atoms in total. The summed E-state index contributed by atoms with van der Waals surface area (Å²) < 4.78 is 13.6. The highest BCUT2D eigenvalue weighted by atomic mass is 127. The van der Waals surface area contributed by atoms with E-state index in [4.69, 9.17) is 0 Å². The Kier molecular flexibility index (Phi) is 11.7. The van der Waals surface area contributed by atoms with Gasteiger partial charge in [-0.25, -0.2) is 4.39 Å². The lowest BCUT2D eigenvalue weighted by Crippen LogP contribution is -2.38. The fraction of sp³-hybridized carbons (Fsp3) is 0.333. The number of rotatable bonds is 9. The molecule has 0 bridgehead atoms. The smallest absolute Gasteiger partial charge is 0.251 e. The monoisotopic (exact) mass is 514 g/mol. The molecule has 0 aliphatic rings. The van der Waals surface area contributed by atoms with Crippen LogP contribution in [0.1, 0.15) is 29.3 Å². The fourth-order valence-corrected chi connectivity index (χ4v) is 2.58. The molecule has 2 aromatic rings. The van der Waals surface area contributed by atoms with Crippen molar-refractivity contribution in [2.45, 2.75) is 19.8 Å². The van der Waals surface area contributed by atoms with Gasteiger partial charge in [0.25, 0.3) is 5.91 Å². The molecule has 0 heterocycles. The first-order valence-electron chi connectivity index (χ1n) is 9.43. The molecule has 0 saturated carbocycles. The van der Waals surface area contributed by atoms with Gasteiger partial charge >= 0.3 is 0 Å². The number of nitrogens with one attached hydrogen (secondary N) is 3. The van der Waals surface area contributed by atoms with E-state index in [1.54, 1.807) is 24.3 Å². The number of phenols is 1. The van der Waals surface area contributed by atoms with Gasteiger partial charge in [-0.3, -0.25) is 9.79 Å². The van der Waals surface area contributed by atoms with Crippen LogP contribution in [0.5, 0.6) is 5.75 Å². The van der Waals surface area contributed by atoms with E-state index in [2.05, 4.69) is 20.9 Å². The van der Waals surface area contributed by atoms with Gasteiger partial charge in [0.2, 0.25) is 0 Å². The number of halogens is 2. The lowest BCUT2D eigenvalue weighted by Gasteiger charge is -2.11. The molecule has 0 radical (unpaired) electrons. The van der Waals surface area contributed by atoms with Crippen molar-refractivity contribution >= 4 is 35.8 Å². The van der Waals surface area contributed by atoms with E-state index in [1.807, 2.05) is 13.0 Å². The molecule has 2 aromatic carbocycles. The largest absolute Gasteiger partial charge is 0.508 e. The summed E-state index contributed by atoms with van der Waals surface area (Å²) in [5.41, 5.74) is 1.09. The third-order valence-corrected chi connectivity index (χ3v) is 3.99. The van der Waals surface area contributed by atoms with Crippen LogP contribution in [-0.4, -0.2) is 43.2 Å². The zero-order chi connectivity index (χ0) is 20.2. The van der Waals surface area contributed by atoms with Crippen LogP contribution in [-0.2, 0) is 6.42 Å². The Hall–Kier alpha value is -2.36. The second kappa shape index (κ2) is 13.8. The van der Waals surface area contributed by atoms with E-state index in [0.29, 0.717) is 49.6 Å². The van der Waals surface area contributed by atoms with E-state index >= 15 is 0 Å². The van der Waals surface area contributed by atoms with Gasteiger partial charge in [-0.15, -0.1) is 24.0 Å². The molecule has 0 aliphatic carbocycles. The number of carbonyl (C=O) groups excluding carboxylic acids is 1. The van der Waals surface area contributed by atoms with Crippen molar-refractivity contribution in [2.75, 3.05) is 26.2 Å². The lowest BCUT2D eigenvalue weighted by atomic mass is 10.1. The molecule has 0 fully saturated rings. The highest BCUT2D eigenvalue weighted by molar-refractivity contribution is 14.0. The van der Waals surface area contributed by atoms with E-state index in [-0.39, 0.29) is 41.5 Å². The van der Waals surface area contributed by atoms with Crippen molar-refractivity contribution in [3.05, 3.63) is 65.5 Å². The first-order chi connectivity index (χ1) is 13.6. The van der Waals surface area contributed by atoms with Crippen LogP contribution < -0.4 is 16.0 Å². The zero-order valence-electron chi connectivity index (χ0n) is 16.5. The molecule has 29 heavy (non-hydrogen) atoms. The summed E-state index contributed by atoms with van der Waals surface area (Å²) in [6, 6.07) is 13.0. The maximum Gasteiger partial charge on any atom is 0.251 e. The first-order valence-corrected chi connectivity index (χ1v) is 9.43. The van der Waals surface area contributed by atoms with Crippen molar-refractivity contribution in [1.82, 2.24) is 16.0 Å². The van der Waals surface area contributed by atoms with Crippen LogP contribution in [0.3, 0.4) is 0 Å². The summed E-state index contributed by atoms with van der Waals surface area (Å²) in [4.78, 5) is 16.4. The standard InChI is InChI=1S/C21H27FN4O2.HI/c1-2-23-21(26-14-11-16-7-3-4-10-19(16)22)25-13-6-12-24-20(28)17-8-5-9-18(27)15-17;/h3-5,7-10,15,27H,2,6,11-14H2,1H3,(H,24,28)(H2,23,25,26);1H. The van der Waals surface area contributed by atoms with Crippen LogP contribution in [0.2, 0.25) is 0 Å². The van der Waals surface area contributed by atoms with Crippen molar-refractivity contribution in [3.8, 4) is 5.75 Å². The Bertz CT molecular complexity index is 802. The topological polar surface area (TPSA) is 85.8 Å². The highest BCUT2D eigenvalue weighted by Crippen LogP contribution is 2.10. The molecular formula is C21H28FIN4O2. The average molecular weight is 514 g/mol. The third kappa shape index (κ3) is 9.12. The van der Waals surface area contributed by atoms with Crippen LogP contribution in [0, 0.1) is 5.82 Å². The van der Waals surface area contributed by atoms with Crippen molar-refractivity contribution < 1.29 is 14.3 Å². The predicted octanol–water partition coefficient (Wildman–Crippen LogP) is 3.07. The van der Waals surface area contributed by atoms with Gasteiger partial charge < -0.3 is 21.1 Å². The van der Waals surface area contributed by atoms with E-state index in [9.17, 15) is 14.3 Å². The molecule has 1 amide bonds. The molecule has 0 saturated heterocycles. The molecular weight excluding hydrogens is 486 g/mol. The SMILES string of the molecule is CCNC(=NCCCNC(=O)c1cccc(O)c1)NCCc1ccccc1F.I. The van der Waals surface area contributed by atoms with Gasteiger partial charge in [0.1, 0.15) is 11.6 Å². The number of nitrogens with zero attached hydrogens (tertiary/aromatic N) is 1. The van der Waals surface area contributed by atoms with Crippen molar-refractivity contribution in [1.29, 1.82) is 0 Å². The predicted molar refractivity (Wildman–Crippen MR) is 125 cm³/mol. The number of amides is 1. The Morgan fingerprint density at radius 2 is 1.86 bits per heavy atom. The molecule has 0 atom stereocenters. The second-order valence-electron chi connectivity index (χ2n) is 6.19. The zero-order valence-corrected chi connectivity index (χ0v) is 18.8. The summed E-state index contributed by atoms with van der Waals surface area (Å²) in [5.74, 6) is 0.302. The number of benzene rings is 2. The Labute approximate surface area is 188 Å². The van der Waals surface area contributed by atoms with Gasteiger partial charge in [0, 0.05) is 31.7 Å². The summed E-state index contributed by atoms with van der Waals surface area (Å²) in [7, 11) is 0. The Morgan fingerprint density at radius 3 is 2.59 bits per heavy atom. The van der Waals surface area contributed by atoms with Gasteiger partial charge in [0.15, 0.2) is 5.96 Å². The lowest BCUT2D eigenvalue weighted by molar-refractivity contribution is 0.0953. The maximum absolute atomic E-state index is 13.6. The van der Waals surface area contributed by atoms with Crippen molar-refractivity contribution in [3.63, 3.8) is 0 Å². The molecule has 0 aliphatic heterocycles. The average Bonchev–Trinajstić information content (AvgIpc) is 2.69. The van der Waals surface area contributed by atoms with Crippen LogP contribution >= 0.6 is 24.0 Å². The molecule has 0 spiro atoms. The van der Waals surface area contributed by atoms with Crippen molar-refractivity contribution in [2.24, 2.45) is 4.99 Å². The number of guanidine groups is 1. The number of aliphatic imine (C=N–C) groups is 1. The Morgan fingerprint density at radius 1 is 1.07 bits per heavy atom. The van der Waals surface area contributed by atoms with E-state index in [1.165, 1.54) is 18.2 Å². The van der Waals surface area contributed by atoms with Crippen LogP contribution in [0.15, 0.2) is 53.5 Å². The number of carbonyl (C=O) groups is 1. The molecule has 0 aromatic heterocycles. The second-order valence-corrected chi connectivity index (χ2v) is 6.19. The van der Waals surface area contributed by atoms with Gasteiger partial charge in [-0.05, 0) is 49.6 Å². The van der Waals surface area contributed by atoms with E-state index < -0.39 is 0 Å². The number of hydrogen-bond acceptors (Lipinski definition) is 3. The molecule has 2 rings (SSSR count). The summed E-state index contributed by atoms with van der Waals surface area (Å²) in [6.45, 7) is 4.28. The summed E-state index contributed by atoms with van der Waals surface area (Å²) in [5, 5.41) is 18.5. The summed E-state index contributed by atoms with van der Waals surface area (Å²) in [6.07, 6.45) is 1.24.